The van der Waals surface area contributed by atoms with Crippen molar-refractivity contribution in [3.05, 3.63) is 29.1 Å². The first-order chi connectivity index (χ1) is 8.38. The lowest BCUT2D eigenvalue weighted by Crippen LogP contribution is -2.29. The van der Waals surface area contributed by atoms with Crippen molar-refractivity contribution in [2.75, 3.05) is 11.9 Å². The number of nitrogens with zero attached hydrogens (tertiary/aromatic N) is 1. The molecule has 1 aromatic carbocycles. The first-order valence-corrected chi connectivity index (χ1v) is 6.59. The molecule has 1 aromatic rings. The smallest absolute Gasteiger partial charge is 0.126 e. The third-order valence-corrected chi connectivity index (χ3v) is 3.51. The molecule has 0 aromatic heterocycles. The Kier molecular flexibility index (Phi) is 5.15. The van der Waals surface area contributed by atoms with Gasteiger partial charge in [-0.05, 0) is 44.9 Å². The van der Waals surface area contributed by atoms with Crippen LogP contribution >= 0.6 is 0 Å². The predicted molar refractivity (Wildman–Crippen MR) is 74.5 cm³/mol. The molecule has 0 radical (unpaired) electrons. The molecule has 2 atom stereocenters. The summed E-state index contributed by atoms with van der Waals surface area (Å²) >= 11 is 0. The van der Waals surface area contributed by atoms with E-state index in [4.69, 9.17) is 0 Å². The molecule has 0 saturated heterocycles. The van der Waals surface area contributed by atoms with E-state index >= 15 is 0 Å². The molecule has 18 heavy (non-hydrogen) atoms. The van der Waals surface area contributed by atoms with Gasteiger partial charge in [0.2, 0.25) is 0 Å². The predicted octanol–water partition coefficient (Wildman–Crippen LogP) is 3.81. The molecule has 0 amide bonds. The number of anilines is 1. The van der Waals surface area contributed by atoms with E-state index in [1.165, 1.54) is 6.07 Å². The summed E-state index contributed by atoms with van der Waals surface area (Å²) in [5.74, 6) is -0.258. The van der Waals surface area contributed by atoms with Gasteiger partial charge in [0.15, 0.2) is 0 Å². The minimum absolute atomic E-state index is 0.258. The molecule has 0 aliphatic rings. The molecule has 1 unspecified atom stereocenters. The van der Waals surface area contributed by atoms with Gasteiger partial charge in [-0.2, -0.15) is 0 Å². The van der Waals surface area contributed by atoms with Gasteiger partial charge in [-0.1, -0.05) is 13.3 Å². The molecule has 0 spiro atoms. The van der Waals surface area contributed by atoms with E-state index in [0.29, 0.717) is 17.2 Å². The van der Waals surface area contributed by atoms with Gasteiger partial charge in [0.1, 0.15) is 5.82 Å². The third-order valence-electron chi connectivity index (χ3n) is 3.51. The third kappa shape index (κ3) is 3.22. The zero-order chi connectivity index (χ0) is 13.9. The molecule has 0 aliphatic heterocycles. The number of aliphatic hydroxyl groups is 1. The van der Waals surface area contributed by atoms with Gasteiger partial charge in [0.25, 0.3) is 0 Å². The molecule has 0 saturated carbocycles. The second-order valence-corrected chi connectivity index (χ2v) is 5.08. The fraction of sp³-hybridized carbons (Fsp3) is 0.600. The summed E-state index contributed by atoms with van der Waals surface area (Å²) in [5, 5.41) is 9.79. The van der Waals surface area contributed by atoms with E-state index in [0.717, 1.165) is 18.5 Å². The molecule has 0 fully saturated rings. The Morgan fingerprint density at radius 2 is 1.94 bits per heavy atom. The number of halogens is 1. The number of hydrogen-bond donors (Lipinski definition) is 1. The Labute approximate surface area is 109 Å². The van der Waals surface area contributed by atoms with Crippen molar-refractivity contribution in [2.24, 2.45) is 0 Å². The van der Waals surface area contributed by atoms with Crippen LogP contribution in [0, 0.1) is 12.7 Å². The average Bonchev–Trinajstić information content (AvgIpc) is 2.31. The zero-order valence-electron chi connectivity index (χ0n) is 12.0. The summed E-state index contributed by atoms with van der Waals surface area (Å²) in [5.41, 5.74) is 2.19. The van der Waals surface area contributed by atoms with E-state index in [-0.39, 0.29) is 5.82 Å². The van der Waals surface area contributed by atoms with E-state index in [2.05, 4.69) is 18.7 Å². The lowest BCUT2D eigenvalue weighted by Gasteiger charge is -2.30. The highest BCUT2D eigenvalue weighted by molar-refractivity contribution is 5.56. The average molecular weight is 253 g/mol. The van der Waals surface area contributed by atoms with Crippen LogP contribution in [0.2, 0.25) is 0 Å². The van der Waals surface area contributed by atoms with Crippen molar-refractivity contribution < 1.29 is 9.50 Å². The SMILES string of the molecule is CCCC(C)N(C)c1cc(C)c(F)cc1[C@@H](C)O. The van der Waals surface area contributed by atoms with Gasteiger partial charge < -0.3 is 10.0 Å². The van der Waals surface area contributed by atoms with Gasteiger partial charge in [-0.3, -0.25) is 0 Å². The Morgan fingerprint density at radius 3 is 2.44 bits per heavy atom. The maximum atomic E-state index is 13.6. The van der Waals surface area contributed by atoms with Crippen molar-refractivity contribution in [1.29, 1.82) is 0 Å². The minimum atomic E-state index is -0.661. The number of hydrogen-bond acceptors (Lipinski definition) is 2. The number of rotatable bonds is 5. The van der Waals surface area contributed by atoms with Crippen molar-refractivity contribution in [3.8, 4) is 0 Å². The summed E-state index contributed by atoms with van der Waals surface area (Å²) in [6.45, 7) is 7.72. The highest BCUT2D eigenvalue weighted by atomic mass is 19.1. The van der Waals surface area contributed by atoms with Crippen molar-refractivity contribution in [3.63, 3.8) is 0 Å². The Balaban J connectivity index is 3.17. The normalized spacial score (nSPS) is 14.4. The first kappa shape index (κ1) is 15.0. The van der Waals surface area contributed by atoms with Crippen LogP contribution in [0.5, 0.6) is 0 Å². The summed E-state index contributed by atoms with van der Waals surface area (Å²) in [6, 6.07) is 3.64. The molecular formula is C15H24FNO. The summed E-state index contributed by atoms with van der Waals surface area (Å²) in [6.07, 6.45) is 1.52. The van der Waals surface area contributed by atoms with Gasteiger partial charge in [-0.15, -0.1) is 0 Å². The summed E-state index contributed by atoms with van der Waals surface area (Å²) in [4.78, 5) is 2.12. The second-order valence-electron chi connectivity index (χ2n) is 5.08. The fourth-order valence-corrected chi connectivity index (χ4v) is 2.17. The van der Waals surface area contributed by atoms with Gasteiger partial charge in [0, 0.05) is 24.3 Å². The van der Waals surface area contributed by atoms with Crippen LogP contribution in [0.1, 0.15) is 50.8 Å². The molecule has 1 rings (SSSR count). The van der Waals surface area contributed by atoms with Crippen LogP contribution in [-0.2, 0) is 0 Å². The van der Waals surface area contributed by atoms with Gasteiger partial charge >= 0.3 is 0 Å². The standard InChI is InChI=1S/C15H24FNO/c1-6-7-11(3)17(5)15-8-10(2)14(16)9-13(15)12(4)18/h8-9,11-12,18H,6-7H2,1-5H3/t11?,12-/m1/s1. The van der Waals surface area contributed by atoms with Crippen LogP contribution in [0.25, 0.3) is 0 Å². The molecule has 2 nitrogen and oxygen atoms in total. The van der Waals surface area contributed by atoms with Crippen LogP contribution in [0.4, 0.5) is 10.1 Å². The molecule has 3 heteroatoms. The van der Waals surface area contributed by atoms with Crippen molar-refractivity contribution >= 4 is 5.69 Å². The largest absolute Gasteiger partial charge is 0.389 e. The number of benzene rings is 1. The lowest BCUT2D eigenvalue weighted by atomic mass is 10.0. The van der Waals surface area contributed by atoms with Crippen LogP contribution < -0.4 is 4.90 Å². The highest BCUT2D eigenvalue weighted by Gasteiger charge is 2.17. The van der Waals surface area contributed by atoms with Gasteiger partial charge in [-0.25, -0.2) is 4.39 Å². The monoisotopic (exact) mass is 253 g/mol. The summed E-state index contributed by atoms with van der Waals surface area (Å²) in [7, 11) is 2.00. The minimum Gasteiger partial charge on any atom is -0.389 e. The maximum absolute atomic E-state index is 13.6. The van der Waals surface area contributed by atoms with Crippen molar-refractivity contribution in [1.82, 2.24) is 0 Å². The molecule has 1 N–H and O–H groups in total. The Bertz CT molecular complexity index is 404. The van der Waals surface area contributed by atoms with E-state index in [9.17, 15) is 9.50 Å². The number of aliphatic hydroxyl groups excluding tert-OH is 1. The fourth-order valence-electron chi connectivity index (χ4n) is 2.17. The Morgan fingerprint density at radius 1 is 1.33 bits per heavy atom. The van der Waals surface area contributed by atoms with E-state index < -0.39 is 6.10 Å². The second kappa shape index (κ2) is 6.19. The molecule has 0 bridgehead atoms. The zero-order valence-corrected chi connectivity index (χ0v) is 12.0. The number of aryl methyl sites for hydroxylation is 1. The van der Waals surface area contributed by atoms with Crippen LogP contribution in [0.3, 0.4) is 0 Å². The van der Waals surface area contributed by atoms with Crippen LogP contribution in [0.15, 0.2) is 12.1 Å². The van der Waals surface area contributed by atoms with E-state index in [1.54, 1.807) is 13.8 Å². The highest BCUT2D eigenvalue weighted by Crippen LogP contribution is 2.30. The summed E-state index contributed by atoms with van der Waals surface area (Å²) < 4.78 is 13.6. The first-order valence-electron chi connectivity index (χ1n) is 6.59. The quantitative estimate of drug-likeness (QED) is 0.862. The molecular weight excluding hydrogens is 229 g/mol. The Hall–Kier alpha value is -1.09. The topological polar surface area (TPSA) is 23.5 Å². The maximum Gasteiger partial charge on any atom is 0.126 e. The molecule has 0 heterocycles. The van der Waals surface area contributed by atoms with Gasteiger partial charge in [0.05, 0.1) is 6.10 Å². The molecule has 102 valence electrons. The lowest BCUT2D eigenvalue weighted by molar-refractivity contribution is 0.199. The van der Waals surface area contributed by atoms with Crippen molar-refractivity contribution in [2.45, 2.75) is 52.7 Å². The van der Waals surface area contributed by atoms with Crippen LogP contribution in [-0.4, -0.2) is 18.2 Å². The van der Waals surface area contributed by atoms with E-state index in [1.807, 2.05) is 13.1 Å². The molecule has 0 aliphatic carbocycles.